The van der Waals surface area contributed by atoms with Crippen molar-refractivity contribution in [3.8, 4) is 5.75 Å². The van der Waals surface area contributed by atoms with Gasteiger partial charge in [-0.25, -0.2) is 9.78 Å². The highest BCUT2D eigenvalue weighted by atomic mass is 16.5. The summed E-state index contributed by atoms with van der Waals surface area (Å²) in [6.07, 6.45) is 1.54. The van der Waals surface area contributed by atoms with E-state index in [9.17, 15) is 14.7 Å². The highest BCUT2D eigenvalue weighted by Gasteiger charge is 2.37. The van der Waals surface area contributed by atoms with Gasteiger partial charge in [0, 0.05) is 13.7 Å². The maximum Gasteiger partial charge on any atom is 0.361 e. The molecule has 20 heavy (non-hydrogen) atoms. The first-order chi connectivity index (χ1) is 9.40. The van der Waals surface area contributed by atoms with Crippen LogP contribution in [0.3, 0.4) is 0 Å². The van der Waals surface area contributed by atoms with E-state index in [4.69, 9.17) is 9.47 Å². The normalized spacial score (nSPS) is 21.9. The van der Waals surface area contributed by atoms with Crippen LogP contribution in [0.2, 0.25) is 0 Å². The highest BCUT2D eigenvalue weighted by Crippen LogP contribution is 2.34. The van der Waals surface area contributed by atoms with Gasteiger partial charge < -0.3 is 14.6 Å². The quantitative estimate of drug-likeness (QED) is 0.820. The summed E-state index contributed by atoms with van der Waals surface area (Å²) in [5.74, 6) is -1.19. The molecule has 0 spiro atoms. The molecule has 7 heteroatoms. The fourth-order valence-electron chi connectivity index (χ4n) is 2.36. The smallest absolute Gasteiger partial charge is 0.361 e. The third kappa shape index (κ3) is 2.29. The molecule has 1 atom stereocenters. The lowest BCUT2D eigenvalue weighted by atomic mass is 10.0. The molecule has 1 N–H and O–H groups in total. The van der Waals surface area contributed by atoms with E-state index in [0.717, 1.165) is 6.42 Å². The molecule has 1 aliphatic heterocycles. The van der Waals surface area contributed by atoms with E-state index in [1.54, 1.807) is 6.92 Å². The summed E-state index contributed by atoms with van der Waals surface area (Å²) in [6, 6.07) is 0. The zero-order valence-electron chi connectivity index (χ0n) is 11.8. The van der Waals surface area contributed by atoms with E-state index in [-0.39, 0.29) is 12.3 Å². The Morgan fingerprint density at radius 1 is 1.60 bits per heavy atom. The predicted octanol–water partition coefficient (Wildman–Crippen LogP) is 0.688. The molecular formula is C13H18N2O5. The van der Waals surface area contributed by atoms with Gasteiger partial charge in [-0.1, -0.05) is 0 Å². The van der Waals surface area contributed by atoms with Crippen LogP contribution in [0.1, 0.15) is 43.0 Å². The topological polar surface area (TPSA) is 90.7 Å². The molecule has 1 unspecified atom stereocenters. The molecule has 1 aromatic rings. The number of carbonyl (C=O) groups excluding carboxylic acids is 1. The Balaban J connectivity index is 2.59. The minimum atomic E-state index is -0.814. The van der Waals surface area contributed by atoms with Crippen LogP contribution >= 0.6 is 0 Å². The largest absolute Gasteiger partial charge is 0.501 e. The maximum atomic E-state index is 12.0. The lowest BCUT2D eigenvalue weighted by Crippen LogP contribution is -2.34. The zero-order chi connectivity index (χ0) is 14.9. The van der Waals surface area contributed by atoms with Crippen LogP contribution in [0.25, 0.3) is 0 Å². The monoisotopic (exact) mass is 282 g/mol. The molecule has 2 rings (SSSR count). The van der Waals surface area contributed by atoms with Crippen molar-refractivity contribution >= 4 is 5.97 Å². The number of ether oxygens (including phenoxy) is 2. The number of hydrogen-bond donors (Lipinski definition) is 1. The van der Waals surface area contributed by atoms with Crippen molar-refractivity contribution in [2.45, 2.75) is 32.3 Å². The first kappa shape index (κ1) is 14.5. The Labute approximate surface area is 116 Å². The van der Waals surface area contributed by atoms with Gasteiger partial charge in [-0.2, -0.15) is 0 Å². The van der Waals surface area contributed by atoms with Crippen LogP contribution in [0.5, 0.6) is 5.75 Å². The van der Waals surface area contributed by atoms with Crippen molar-refractivity contribution in [1.82, 2.24) is 9.55 Å². The molecule has 1 fully saturated rings. The summed E-state index contributed by atoms with van der Waals surface area (Å²) >= 11 is 0. The van der Waals surface area contributed by atoms with Crippen LogP contribution in [0.4, 0.5) is 0 Å². The molecule has 1 saturated heterocycles. The summed E-state index contributed by atoms with van der Waals surface area (Å²) in [5.41, 5.74) is -1.78. The van der Waals surface area contributed by atoms with Gasteiger partial charge in [0.05, 0.1) is 6.61 Å². The third-order valence-corrected chi connectivity index (χ3v) is 3.43. The summed E-state index contributed by atoms with van der Waals surface area (Å²) in [5, 5.41) is 9.79. The second kappa shape index (κ2) is 5.24. The predicted molar refractivity (Wildman–Crippen MR) is 69.6 cm³/mol. The van der Waals surface area contributed by atoms with Gasteiger partial charge in [-0.3, -0.25) is 9.36 Å². The Bertz CT molecular complexity index is 587. The van der Waals surface area contributed by atoms with Crippen molar-refractivity contribution in [2.75, 3.05) is 13.2 Å². The van der Waals surface area contributed by atoms with Crippen LogP contribution in [0.15, 0.2) is 4.79 Å². The van der Waals surface area contributed by atoms with Crippen LogP contribution in [0, 0.1) is 0 Å². The van der Waals surface area contributed by atoms with Gasteiger partial charge in [0.25, 0.3) is 5.56 Å². The minimum Gasteiger partial charge on any atom is -0.501 e. The number of rotatable bonds is 3. The number of aromatic nitrogens is 2. The van der Waals surface area contributed by atoms with E-state index >= 15 is 0 Å². The SMILES string of the molecule is CCOC(=O)c1nc(C2(C)CCCO2)n(C)c(=O)c1O. The molecule has 1 aliphatic rings. The molecule has 0 amide bonds. The maximum absolute atomic E-state index is 12.0. The highest BCUT2D eigenvalue weighted by molar-refractivity contribution is 5.90. The first-order valence-electron chi connectivity index (χ1n) is 6.52. The Hall–Kier alpha value is -1.89. The van der Waals surface area contributed by atoms with Crippen molar-refractivity contribution in [1.29, 1.82) is 0 Å². The molecule has 0 aliphatic carbocycles. The fourth-order valence-corrected chi connectivity index (χ4v) is 2.36. The van der Waals surface area contributed by atoms with Crippen LogP contribution in [-0.2, 0) is 22.1 Å². The van der Waals surface area contributed by atoms with Crippen molar-refractivity contribution in [3.63, 3.8) is 0 Å². The molecule has 0 radical (unpaired) electrons. The first-order valence-corrected chi connectivity index (χ1v) is 6.52. The Kier molecular flexibility index (Phi) is 3.80. The standard InChI is InChI=1S/C13H18N2O5/c1-4-19-11(18)8-9(16)10(17)15(3)12(14-8)13(2)6-5-7-20-13/h16H,4-7H2,1-3H3. The summed E-state index contributed by atoms with van der Waals surface area (Å²) < 4.78 is 11.7. The van der Waals surface area contributed by atoms with Gasteiger partial charge in [-0.15, -0.1) is 0 Å². The van der Waals surface area contributed by atoms with Gasteiger partial charge in [0.2, 0.25) is 5.75 Å². The second-order valence-corrected chi connectivity index (χ2v) is 4.90. The minimum absolute atomic E-state index is 0.137. The van der Waals surface area contributed by atoms with Crippen LogP contribution < -0.4 is 5.56 Å². The number of carbonyl (C=O) groups is 1. The molecule has 110 valence electrons. The second-order valence-electron chi connectivity index (χ2n) is 4.90. The summed E-state index contributed by atoms with van der Waals surface area (Å²) in [4.78, 5) is 27.9. The van der Waals surface area contributed by atoms with Crippen LogP contribution in [-0.4, -0.2) is 33.8 Å². The number of esters is 1. The van der Waals surface area contributed by atoms with E-state index < -0.39 is 22.9 Å². The lowest BCUT2D eigenvalue weighted by Gasteiger charge is -2.25. The molecule has 0 aromatic carbocycles. The number of hydrogen-bond acceptors (Lipinski definition) is 6. The molecular weight excluding hydrogens is 264 g/mol. The zero-order valence-corrected chi connectivity index (χ0v) is 11.8. The van der Waals surface area contributed by atoms with Crippen molar-refractivity contribution in [2.24, 2.45) is 7.05 Å². The molecule has 0 bridgehead atoms. The average molecular weight is 282 g/mol. The summed E-state index contributed by atoms with van der Waals surface area (Å²) in [7, 11) is 1.49. The summed E-state index contributed by atoms with van der Waals surface area (Å²) in [6.45, 7) is 4.16. The van der Waals surface area contributed by atoms with Gasteiger partial charge in [-0.05, 0) is 26.7 Å². The van der Waals surface area contributed by atoms with E-state index in [1.165, 1.54) is 11.6 Å². The molecule has 2 heterocycles. The van der Waals surface area contributed by atoms with Gasteiger partial charge >= 0.3 is 5.97 Å². The number of aromatic hydroxyl groups is 1. The van der Waals surface area contributed by atoms with E-state index in [2.05, 4.69) is 4.98 Å². The Morgan fingerprint density at radius 3 is 2.85 bits per heavy atom. The van der Waals surface area contributed by atoms with Crippen molar-refractivity contribution < 1.29 is 19.4 Å². The van der Waals surface area contributed by atoms with Crippen molar-refractivity contribution in [3.05, 3.63) is 21.9 Å². The van der Waals surface area contributed by atoms with E-state index in [1.807, 2.05) is 6.92 Å². The number of nitrogens with zero attached hydrogens (tertiary/aromatic N) is 2. The van der Waals surface area contributed by atoms with E-state index in [0.29, 0.717) is 18.9 Å². The molecule has 1 aromatic heterocycles. The fraction of sp³-hybridized carbons (Fsp3) is 0.615. The third-order valence-electron chi connectivity index (χ3n) is 3.43. The Morgan fingerprint density at radius 2 is 2.30 bits per heavy atom. The lowest BCUT2D eigenvalue weighted by molar-refractivity contribution is 0.00544. The average Bonchev–Trinajstić information content (AvgIpc) is 2.84. The molecule has 0 saturated carbocycles. The van der Waals surface area contributed by atoms with Gasteiger partial charge in [0.15, 0.2) is 5.69 Å². The molecule has 7 nitrogen and oxygen atoms in total. The van der Waals surface area contributed by atoms with Gasteiger partial charge in [0.1, 0.15) is 11.4 Å².